The molecule has 0 fully saturated rings. The summed E-state index contributed by atoms with van der Waals surface area (Å²) >= 11 is 27.1. The first-order valence-corrected chi connectivity index (χ1v) is 16.6. The summed E-state index contributed by atoms with van der Waals surface area (Å²) in [6.07, 6.45) is 1.64. The van der Waals surface area contributed by atoms with Crippen molar-refractivity contribution >= 4 is 87.3 Å². The van der Waals surface area contributed by atoms with Crippen molar-refractivity contribution in [1.29, 1.82) is 5.26 Å². The minimum atomic E-state index is -0.00361. The molecule has 5 aromatic carbocycles. The average molecular weight is 788 g/mol. The van der Waals surface area contributed by atoms with Crippen LogP contribution in [0.1, 0.15) is 55.3 Å². The average Bonchev–Trinajstić information content (AvgIpc) is 3.07. The first-order chi connectivity index (χ1) is 22.5. The molecule has 49 heavy (non-hydrogen) atoms. The van der Waals surface area contributed by atoms with Crippen molar-refractivity contribution in [2.45, 2.75) is 33.2 Å². The number of hydrogen-bond donors (Lipinski definition) is 1. The van der Waals surface area contributed by atoms with Gasteiger partial charge in [0.15, 0.2) is 0 Å². The third-order valence-corrected chi connectivity index (χ3v) is 7.90. The van der Waals surface area contributed by atoms with Crippen LogP contribution in [0.2, 0.25) is 15.1 Å². The summed E-state index contributed by atoms with van der Waals surface area (Å²) in [6.45, 7) is 9.40. The smallest absolute Gasteiger partial charge is 1.00 e. The molecule has 0 heterocycles. The molecular formula is C39H38Cl6MgN2O. The number of halogens is 6. The van der Waals surface area contributed by atoms with Crippen LogP contribution >= 0.6 is 58.0 Å². The summed E-state index contributed by atoms with van der Waals surface area (Å²) in [5, 5.41) is 10.8. The number of aldehydes is 1. The van der Waals surface area contributed by atoms with E-state index in [0.29, 0.717) is 21.2 Å². The van der Waals surface area contributed by atoms with E-state index in [2.05, 4.69) is 31.2 Å². The standard InChI is InChI=1S/C15H16ClN.C8H6ClN.C8H7ClO.C7H7.CH2Cl2.ClH.Mg/c1-11-13(8-5-9-14(11)16)15(17)10-12-6-3-2-4-7-12;2*1-6-7(5-10)3-2-4-8(6)9;1-7-5-3-2-4-6-7;2-1-3;;/h2-9,15H,10,17H2,1H3;2-4H,1H3;2-5H,1H3;2-6H,1H2;1H2;1H;/q;;;-1;;;+2/p-1. The SMILES string of the molecule is Cc1c(Cl)cccc1C#N.Cc1c(Cl)cccc1C(N)Cc1ccccc1.Cc1c(Cl)cccc1C=O.ClCCl.[CH2-]c1ccccc1.[Cl-].[Mg+2]. The minimum absolute atomic E-state index is 0. The quantitative estimate of drug-likeness (QED) is 0.0858. The van der Waals surface area contributed by atoms with Crippen LogP contribution in [0, 0.1) is 39.0 Å². The van der Waals surface area contributed by atoms with Crippen LogP contribution in [-0.2, 0) is 6.42 Å². The van der Waals surface area contributed by atoms with Crippen molar-refractivity contribution in [2.75, 3.05) is 5.34 Å². The predicted octanol–water partition coefficient (Wildman–Crippen LogP) is 8.79. The molecule has 0 bridgehead atoms. The maximum absolute atomic E-state index is 10.3. The molecule has 0 amide bonds. The van der Waals surface area contributed by atoms with E-state index in [1.54, 1.807) is 36.4 Å². The molecule has 5 aromatic rings. The molecule has 0 aliphatic carbocycles. The Labute approximate surface area is 339 Å². The van der Waals surface area contributed by atoms with Gasteiger partial charge in [0.1, 0.15) is 6.29 Å². The summed E-state index contributed by atoms with van der Waals surface area (Å²) in [7, 11) is 0. The van der Waals surface area contributed by atoms with Crippen molar-refractivity contribution < 1.29 is 17.2 Å². The van der Waals surface area contributed by atoms with Gasteiger partial charge in [-0.3, -0.25) is 4.79 Å². The van der Waals surface area contributed by atoms with Crippen LogP contribution in [0.5, 0.6) is 0 Å². The van der Waals surface area contributed by atoms with E-state index in [4.69, 9.17) is 69.0 Å². The van der Waals surface area contributed by atoms with Gasteiger partial charge < -0.3 is 18.1 Å². The Kier molecular flexibility index (Phi) is 28.1. The molecule has 1 unspecified atom stereocenters. The number of carbonyl (C=O) groups excluding carboxylic acids is 1. The number of rotatable bonds is 4. The molecule has 5 rings (SSSR count). The van der Waals surface area contributed by atoms with Gasteiger partial charge in [-0.15, -0.1) is 35.3 Å². The number of alkyl halides is 2. The molecule has 0 radical (unpaired) electrons. The summed E-state index contributed by atoms with van der Waals surface area (Å²) < 4.78 is 0. The Hall–Kier alpha value is -2.40. The van der Waals surface area contributed by atoms with Crippen molar-refractivity contribution in [3.63, 3.8) is 0 Å². The molecule has 2 N–H and O–H groups in total. The molecule has 0 aliphatic heterocycles. The molecule has 0 aliphatic rings. The largest absolute Gasteiger partial charge is 2.00 e. The number of nitrogens with zero attached hydrogens (tertiary/aromatic N) is 1. The fraction of sp³-hybridized carbons (Fsp3) is 0.154. The first-order valence-electron chi connectivity index (χ1n) is 14.4. The van der Waals surface area contributed by atoms with Crippen molar-refractivity contribution in [1.82, 2.24) is 0 Å². The minimum Gasteiger partial charge on any atom is -1.00 e. The number of benzene rings is 5. The Morgan fingerprint density at radius 2 is 1.16 bits per heavy atom. The monoisotopic (exact) mass is 784 g/mol. The van der Waals surface area contributed by atoms with Gasteiger partial charge in [-0.25, -0.2) is 0 Å². The molecule has 254 valence electrons. The van der Waals surface area contributed by atoms with E-state index in [-0.39, 0.29) is 46.8 Å². The van der Waals surface area contributed by atoms with E-state index in [1.165, 1.54) is 5.56 Å². The zero-order valence-corrected chi connectivity index (χ0v) is 33.6. The Balaban J connectivity index is 0. The van der Waals surface area contributed by atoms with Crippen LogP contribution < -0.4 is 18.1 Å². The summed E-state index contributed by atoms with van der Waals surface area (Å²) in [6, 6.07) is 38.7. The van der Waals surface area contributed by atoms with Crippen LogP contribution in [-0.4, -0.2) is 34.7 Å². The van der Waals surface area contributed by atoms with E-state index in [9.17, 15) is 4.79 Å². The molecule has 0 saturated heterocycles. The summed E-state index contributed by atoms with van der Waals surface area (Å²) in [4.78, 5) is 10.3. The number of hydrogen-bond acceptors (Lipinski definition) is 3. The number of nitriles is 1. The normalized spacial score (nSPS) is 9.63. The molecule has 0 spiro atoms. The molecule has 1 atom stereocenters. The fourth-order valence-electron chi connectivity index (χ4n) is 3.96. The van der Waals surface area contributed by atoms with Crippen LogP contribution in [0.4, 0.5) is 0 Å². The van der Waals surface area contributed by atoms with Crippen molar-refractivity contribution in [2.24, 2.45) is 5.73 Å². The van der Waals surface area contributed by atoms with E-state index in [1.807, 2.05) is 81.4 Å². The zero-order valence-electron chi connectivity index (χ0n) is 27.7. The zero-order chi connectivity index (χ0) is 35.2. The maximum atomic E-state index is 10.3. The van der Waals surface area contributed by atoms with Crippen LogP contribution in [0.15, 0.2) is 115 Å². The molecule has 0 aromatic heterocycles. The summed E-state index contributed by atoms with van der Waals surface area (Å²) in [5.41, 5.74) is 13.8. The van der Waals surface area contributed by atoms with Gasteiger partial charge in [-0.05, 0) is 79.3 Å². The van der Waals surface area contributed by atoms with Crippen molar-refractivity contribution in [3.05, 3.63) is 182 Å². The maximum Gasteiger partial charge on any atom is 2.00 e. The second kappa shape index (κ2) is 28.3. The fourth-order valence-corrected chi connectivity index (χ4v) is 4.50. The van der Waals surface area contributed by atoms with Gasteiger partial charge in [0, 0.05) is 26.7 Å². The number of carbonyl (C=O) groups is 1. The number of nitrogens with two attached hydrogens (primary N) is 1. The van der Waals surface area contributed by atoms with Crippen molar-refractivity contribution in [3.8, 4) is 6.07 Å². The van der Waals surface area contributed by atoms with Crippen LogP contribution in [0.25, 0.3) is 0 Å². The topological polar surface area (TPSA) is 66.9 Å². The molecule has 0 saturated carbocycles. The van der Waals surface area contributed by atoms with Gasteiger partial charge >= 0.3 is 23.1 Å². The Morgan fingerprint density at radius 1 is 0.714 bits per heavy atom. The molecule has 3 nitrogen and oxygen atoms in total. The third-order valence-electron chi connectivity index (χ3n) is 6.68. The second-order valence-corrected chi connectivity index (χ2v) is 12.0. The second-order valence-electron chi connectivity index (χ2n) is 9.93. The van der Waals surface area contributed by atoms with Crippen LogP contribution in [0.3, 0.4) is 0 Å². The molecular weight excluding hydrogens is 749 g/mol. The van der Waals surface area contributed by atoms with Gasteiger partial charge in [0.05, 0.1) is 17.0 Å². The van der Waals surface area contributed by atoms with E-state index in [0.717, 1.165) is 45.5 Å². The Bertz CT molecular complexity index is 1680. The first kappa shape index (κ1) is 48.7. The van der Waals surface area contributed by atoms with E-state index >= 15 is 0 Å². The van der Waals surface area contributed by atoms with Gasteiger partial charge in [0.2, 0.25) is 0 Å². The van der Waals surface area contributed by atoms with Gasteiger partial charge in [0.25, 0.3) is 0 Å². The van der Waals surface area contributed by atoms with Gasteiger partial charge in [-0.2, -0.15) is 29.9 Å². The predicted molar refractivity (Wildman–Crippen MR) is 209 cm³/mol. The van der Waals surface area contributed by atoms with Gasteiger partial charge in [-0.1, -0.05) is 102 Å². The third kappa shape index (κ3) is 19.0. The van der Waals surface area contributed by atoms with E-state index < -0.39 is 0 Å². The Morgan fingerprint density at radius 3 is 1.59 bits per heavy atom. The molecule has 10 heteroatoms. The summed E-state index contributed by atoms with van der Waals surface area (Å²) in [5.74, 6) is 0.